The number of nitrogens with two attached hydrogens (primary N) is 2. The van der Waals surface area contributed by atoms with Crippen LogP contribution in [-0.2, 0) is 28.2 Å². The average molecular weight is 404 g/mol. The van der Waals surface area contributed by atoms with E-state index in [-0.39, 0.29) is 29.4 Å². The van der Waals surface area contributed by atoms with E-state index in [1.54, 1.807) is 13.8 Å². The van der Waals surface area contributed by atoms with Gasteiger partial charge in [0, 0.05) is 46.0 Å². The molecule has 0 atom stereocenters. The second kappa shape index (κ2) is 7.73. The van der Waals surface area contributed by atoms with Crippen LogP contribution in [-0.4, -0.2) is 29.7 Å². The van der Waals surface area contributed by atoms with E-state index < -0.39 is 22.5 Å². The Hall–Kier alpha value is -3.70. The third-order valence-electron chi connectivity index (χ3n) is 4.44. The molecule has 29 heavy (non-hydrogen) atoms. The van der Waals surface area contributed by atoms with E-state index in [1.165, 1.54) is 37.3 Å². The van der Waals surface area contributed by atoms with Crippen LogP contribution < -0.4 is 34.0 Å². The molecular formula is C17H24N8O4. The van der Waals surface area contributed by atoms with Crippen LogP contribution in [0.15, 0.2) is 29.2 Å². The Morgan fingerprint density at radius 1 is 0.690 bits per heavy atom. The van der Waals surface area contributed by atoms with Crippen molar-refractivity contribution < 1.29 is 0 Å². The minimum absolute atomic E-state index is 0.0453. The molecule has 0 unspecified atom stereocenters. The SMILES string of the molecule is CC(CC(C)=Nc1c(N)c(=O)n(C)c(=O)n1C)=Nc1c(N)c(=O)n(C)c(=O)n1C. The normalized spacial score (nSPS) is 12.5. The van der Waals surface area contributed by atoms with Crippen LogP contribution in [0.2, 0.25) is 0 Å². The van der Waals surface area contributed by atoms with Crippen molar-refractivity contribution >= 4 is 34.4 Å². The molecular weight excluding hydrogens is 380 g/mol. The largest absolute Gasteiger partial charge is 0.391 e. The predicted octanol–water partition coefficient (Wildman–Crippen LogP) is -1.08. The van der Waals surface area contributed by atoms with Crippen LogP contribution in [0, 0.1) is 0 Å². The summed E-state index contributed by atoms with van der Waals surface area (Å²) in [5, 5.41) is 0. The zero-order valence-electron chi connectivity index (χ0n) is 17.2. The van der Waals surface area contributed by atoms with Gasteiger partial charge in [0.05, 0.1) is 0 Å². The fraction of sp³-hybridized carbons (Fsp3) is 0.412. The molecule has 4 N–H and O–H groups in total. The van der Waals surface area contributed by atoms with E-state index in [9.17, 15) is 19.2 Å². The Bertz CT molecular complexity index is 1110. The molecule has 0 saturated heterocycles. The highest BCUT2D eigenvalue weighted by Crippen LogP contribution is 2.18. The Balaban J connectivity index is 2.50. The molecule has 0 fully saturated rings. The zero-order chi connectivity index (χ0) is 22.2. The molecule has 0 aliphatic carbocycles. The summed E-state index contributed by atoms with van der Waals surface area (Å²) in [4.78, 5) is 56.8. The molecule has 0 amide bonds. The van der Waals surface area contributed by atoms with Crippen molar-refractivity contribution in [3.63, 3.8) is 0 Å². The Morgan fingerprint density at radius 2 is 1.00 bits per heavy atom. The lowest BCUT2D eigenvalue weighted by Crippen LogP contribution is -2.38. The van der Waals surface area contributed by atoms with Gasteiger partial charge in [-0.25, -0.2) is 19.6 Å². The molecule has 2 heterocycles. The third kappa shape index (κ3) is 3.81. The van der Waals surface area contributed by atoms with Crippen LogP contribution in [0.5, 0.6) is 0 Å². The summed E-state index contributed by atoms with van der Waals surface area (Å²) in [6.07, 6.45) is 0.228. The van der Waals surface area contributed by atoms with E-state index in [2.05, 4.69) is 9.98 Å². The Kier molecular flexibility index (Phi) is 5.76. The first-order chi connectivity index (χ1) is 13.4. The molecule has 0 spiro atoms. The van der Waals surface area contributed by atoms with Gasteiger partial charge in [-0.2, -0.15) is 0 Å². The highest BCUT2D eigenvalue weighted by Gasteiger charge is 2.14. The topological polar surface area (TPSA) is 165 Å². The third-order valence-corrected chi connectivity index (χ3v) is 4.44. The van der Waals surface area contributed by atoms with E-state index >= 15 is 0 Å². The van der Waals surface area contributed by atoms with E-state index in [1.807, 2.05) is 0 Å². The summed E-state index contributed by atoms with van der Waals surface area (Å²) in [6.45, 7) is 3.35. The lowest BCUT2D eigenvalue weighted by molar-refractivity contribution is 0.692. The van der Waals surface area contributed by atoms with Gasteiger partial charge in [-0.3, -0.25) is 27.9 Å². The standard InChI is InChI=1S/C17H24N8O4/c1-8(20-12-10(18)14(26)24(5)16(28)22(12)3)7-9(2)21-13-11(19)15(27)25(6)17(29)23(13)4/h7,18-19H2,1-6H3. The second-order valence-electron chi connectivity index (χ2n) is 6.76. The van der Waals surface area contributed by atoms with Crippen LogP contribution >= 0.6 is 0 Å². The first kappa shape index (κ1) is 21.6. The first-order valence-corrected chi connectivity index (χ1v) is 8.57. The molecule has 12 nitrogen and oxygen atoms in total. The molecule has 2 rings (SSSR count). The van der Waals surface area contributed by atoms with Crippen molar-refractivity contribution in [1.29, 1.82) is 0 Å². The molecule has 2 aromatic heterocycles. The smallest absolute Gasteiger partial charge is 0.332 e. The van der Waals surface area contributed by atoms with Crippen molar-refractivity contribution in [2.75, 3.05) is 11.5 Å². The van der Waals surface area contributed by atoms with Crippen molar-refractivity contribution in [2.45, 2.75) is 20.3 Å². The molecule has 0 aliphatic rings. The van der Waals surface area contributed by atoms with Crippen LogP contribution in [0.3, 0.4) is 0 Å². The quantitative estimate of drug-likeness (QED) is 0.615. The average Bonchev–Trinajstić information content (AvgIpc) is 2.68. The molecule has 2 aromatic rings. The number of nitrogen functional groups attached to an aromatic ring is 2. The van der Waals surface area contributed by atoms with Crippen LogP contribution in [0.4, 0.5) is 23.0 Å². The van der Waals surface area contributed by atoms with Gasteiger partial charge in [0.15, 0.2) is 11.6 Å². The molecule has 0 saturated carbocycles. The maximum absolute atomic E-state index is 12.1. The molecule has 0 aromatic carbocycles. The van der Waals surface area contributed by atoms with Gasteiger partial charge >= 0.3 is 11.4 Å². The highest BCUT2D eigenvalue weighted by molar-refractivity contribution is 6.04. The Labute approximate surface area is 165 Å². The van der Waals surface area contributed by atoms with Crippen molar-refractivity contribution in [3.8, 4) is 0 Å². The highest BCUT2D eigenvalue weighted by atomic mass is 16.2. The maximum atomic E-state index is 12.1. The van der Waals surface area contributed by atoms with Gasteiger partial charge in [0.1, 0.15) is 11.4 Å². The number of hydrogen-bond donors (Lipinski definition) is 2. The summed E-state index contributed by atoms with van der Waals surface area (Å²) < 4.78 is 4.15. The molecule has 12 heteroatoms. The molecule has 0 aliphatic heterocycles. The molecule has 156 valence electrons. The summed E-state index contributed by atoms with van der Waals surface area (Å²) in [5.41, 5.74) is 9.99. The van der Waals surface area contributed by atoms with Crippen LogP contribution in [0.1, 0.15) is 20.3 Å². The van der Waals surface area contributed by atoms with Crippen molar-refractivity contribution in [1.82, 2.24) is 18.3 Å². The molecule has 0 radical (unpaired) electrons. The summed E-state index contributed by atoms with van der Waals surface area (Å²) >= 11 is 0. The number of hydrogen-bond acceptors (Lipinski definition) is 8. The minimum Gasteiger partial charge on any atom is -0.391 e. The molecule has 0 bridgehead atoms. The summed E-state index contributed by atoms with van der Waals surface area (Å²) in [5.74, 6) is 0.0905. The monoisotopic (exact) mass is 404 g/mol. The number of nitrogens with zero attached hydrogens (tertiary/aromatic N) is 6. The van der Waals surface area contributed by atoms with Gasteiger partial charge in [0.2, 0.25) is 0 Å². The van der Waals surface area contributed by atoms with E-state index in [4.69, 9.17) is 11.5 Å². The zero-order valence-corrected chi connectivity index (χ0v) is 17.2. The van der Waals surface area contributed by atoms with Gasteiger partial charge in [-0.15, -0.1) is 0 Å². The van der Waals surface area contributed by atoms with Gasteiger partial charge < -0.3 is 11.5 Å². The number of aromatic nitrogens is 4. The van der Waals surface area contributed by atoms with Crippen molar-refractivity contribution in [2.24, 2.45) is 38.2 Å². The lowest BCUT2D eigenvalue weighted by atomic mass is 10.2. The fourth-order valence-electron chi connectivity index (χ4n) is 2.80. The fourth-order valence-corrected chi connectivity index (χ4v) is 2.80. The first-order valence-electron chi connectivity index (χ1n) is 8.57. The van der Waals surface area contributed by atoms with Gasteiger partial charge in [-0.05, 0) is 13.8 Å². The minimum atomic E-state index is -0.632. The number of rotatable bonds is 4. The van der Waals surface area contributed by atoms with E-state index in [0.29, 0.717) is 11.4 Å². The summed E-state index contributed by atoms with van der Waals surface area (Å²) in [6, 6.07) is 0. The van der Waals surface area contributed by atoms with E-state index in [0.717, 1.165) is 9.13 Å². The van der Waals surface area contributed by atoms with Gasteiger partial charge in [0.25, 0.3) is 11.1 Å². The summed E-state index contributed by atoms with van der Waals surface area (Å²) in [7, 11) is 5.58. The second-order valence-corrected chi connectivity index (χ2v) is 6.76. The van der Waals surface area contributed by atoms with Gasteiger partial charge in [-0.1, -0.05) is 0 Å². The lowest BCUT2D eigenvalue weighted by Gasteiger charge is -2.11. The van der Waals surface area contributed by atoms with Crippen LogP contribution in [0.25, 0.3) is 0 Å². The number of anilines is 2. The Morgan fingerprint density at radius 3 is 1.31 bits per heavy atom. The maximum Gasteiger partial charge on any atom is 0.332 e. The number of aliphatic imine (C=N–C) groups is 2. The predicted molar refractivity (Wildman–Crippen MR) is 113 cm³/mol. The van der Waals surface area contributed by atoms with Crippen molar-refractivity contribution in [3.05, 3.63) is 41.7 Å².